The molecule has 2 amide bonds. The fourth-order valence-corrected chi connectivity index (χ4v) is 4.40. The molecule has 274 valence electrons. The van der Waals surface area contributed by atoms with Gasteiger partial charge in [-0.2, -0.15) is 0 Å². The van der Waals surface area contributed by atoms with Gasteiger partial charge in [0.25, 0.3) is 5.91 Å². The zero-order chi connectivity index (χ0) is 37.1. The van der Waals surface area contributed by atoms with Crippen molar-refractivity contribution in [2.45, 2.75) is 40.7 Å². The maximum atomic E-state index is 12.2. The summed E-state index contributed by atoms with van der Waals surface area (Å²) in [6.45, 7) is 4.39. The molecule has 4 N–H and O–H groups in total. The summed E-state index contributed by atoms with van der Waals surface area (Å²) >= 11 is 0. The van der Waals surface area contributed by atoms with E-state index in [-0.39, 0.29) is 13.8 Å². The minimum Gasteiger partial charge on any atom is -0.494 e. The minimum atomic E-state index is -0.986. The number of hydrogen-bond donors (Lipinski definition) is 3. The molecule has 0 atom stereocenters. The van der Waals surface area contributed by atoms with Gasteiger partial charge in [-0.25, -0.2) is 4.79 Å². The van der Waals surface area contributed by atoms with Gasteiger partial charge in [-0.15, -0.1) is 0 Å². The Balaban J connectivity index is 0.000000423. The van der Waals surface area contributed by atoms with Gasteiger partial charge in [0.15, 0.2) is 0 Å². The maximum absolute atomic E-state index is 12.2. The lowest BCUT2D eigenvalue weighted by Crippen LogP contribution is -2.24. The van der Waals surface area contributed by atoms with E-state index in [1.165, 1.54) is 34.0 Å². The number of ketones is 1. The van der Waals surface area contributed by atoms with Gasteiger partial charge in [-0.05, 0) is 66.8 Å². The molecule has 0 spiro atoms. The molecule has 51 heavy (non-hydrogen) atoms. The first-order chi connectivity index (χ1) is 24.0. The molecule has 4 aromatic rings. The van der Waals surface area contributed by atoms with Crippen LogP contribution in [0.15, 0.2) is 84.9 Å². The molecule has 0 unspecified atom stereocenters. The van der Waals surface area contributed by atoms with E-state index >= 15 is 0 Å². The Morgan fingerprint density at radius 1 is 0.588 bits per heavy atom. The zero-order valence-electron chi connectivity index (χ0n) is 29.5. The SMILES string of the molecule is C.COC(=O)C(=O)Nc1c(OC)cc(C)cc1OC.COc1cc(C)cc(OC)c1NC(=O)C(=O)CCc1ccccc1.NCc1ccccc1. The van der Waals surface area contributed by atoms with Gasteiger partial charge in [-0.3, -0.25) is 14.4 Å². The Labute approximate surface area is 300 Å². The molecule has 0 aromatic heterocycles. The molecule has 12 heteroatoms. The number of hydrogen-bond acceptors (Lipinski definition) is 10. The molecule has 0 bridgehead atoms. The van der Waals surface area contributed by atoms with Gasteiger partial charge in [0.05, 0.1) is 35.5 Å². The molecular weight excluding hydrogens is 654 g/mol. The second kappa shape index (κ2) is 22.7. The molecule has 0 aliphatic carbocycles. The van der Waals surface area contributed by atoms with E-state index in [9.17, 15) is 19.2 Å². The summed E-state index contributed by atoms with van der Waals surface area (Å²) < 4.78 is 25.1. The quantitative estimate of drug-likeness (QED) is 0.124. The lowest BCUT2D eigenvalue weighted by Gasteiger charge is -2.14. The fourth-order valence-electron chi connectivity index (χ4n) is 4.40. The highest BCUT2D eigenvalue weighted by atomic mass is 16.5. The first-order valence-electron chi connectivity index (χ1n) is 15.5. The van der Waals surface area contributed by atoms with E-state index in [0.29, 0.717) is 47.3 Å². The predicted octanol–water partition coefficient (Wildman–Crippen LogP) is 6.06. The van der Waals surface area contributed by atoms with Gasteiger partial charge in [0.2, 0.25) is 5.78 Å². The van der Waals surface area contributed by atoms with Crippen molar-refractivity contribution in [2.75, 3.05) is 46.2 Å². The van der Waals surface area contributed by atoms with Crippen molar-refractivity contribution in [1.82, 2.24) is 0 Å². The van der Waals surface area contributed by atoms with Crippen LogP contribution in [-0.2, 0) is 36.9 Å². The average molecular weight is 704 g/mol. The van der Waals surface area contributed by atoms with E-state index in [1.54, 1.807) is 24.3 Å². The molecule has 4 rings (SSSR count). The Kier molecular flexibility index (Phi) is 19.2. The number of rotatable bonds is 11. The number of nitrogens with two attached hydrogens (primary N) is 1. The van der Waals surface area contributed by atoms with Gasteiger partial charge in [0.1, 0.15) is 34.4 Å². The van der Waals surface area contributed by atoms with Crippen LogP contribution in [-0.4, -0.2) is 59.1 Å². The van der Waals surface area contributed by atoms with Gasteiger partial charge in [-0.1, -0.05) is 68.1 Å². The fraction of sp³-hybridized carbons (Fsp3) is 0.282. The molecule has 0 saturated carbocycles. The first kappa shape index (κ1) is 43.1. The normalized spacial score (nSPS) is 9.57. The second-order valence-corrected chi connectivity index (χ2v) is 10.6. The van der Waals surface area contributed by atoms with Crippen LogP contribution in [0.3, 0.4) is 0 Å². The van der Waals surface area contributed by atoms with Crippen molar-refractivity contribution in [3.8, 4) is 23.0 Å². The topological polar surface area (TPSA) is 165 Å². The van der Waals surface area contributed by atoms with Gasteiger partial charge < -0.3 is 40.1 Å². The van der Waals surface area contributed by atoms with Crippen LogP contribution in [0.4, 0.5) is 11.4 Å². The highest BCUT2D eigenvalue weighted by Crippen LogP contribution is 2.37. The third-order valence-electron chi connectivity index (χ3n) is 6.96. The number of ether oxygens (including phenoxy) is 5. The van der Waals surface area contributed by atoms with E-state index in [2.05, 4.69) is 15.4 Å². The third-order valence-corrected chi connectivity index (χ3v) is 6.96. The summed E-state index contributed by atoms with van der Waals surface area (Å²) in [5, 5.41) is 5.00. The van der Waals surface area contributed by atoms with Crippen molar-refractivity contribution in [2.24, 2.45) is 5.73 Å². The molecule has 0 radical (unpaired) electrons. The monoisotopic (exact) mass is 703 g/mol. The Bertz CT molecular complexity index is 1660. The second-order valence-electron chi connectivity index (χ2n) is 10.6. The van der Waals surface area contributed by atoms with Crippen molar-refractivity contribution in [1.29, 1.82) is 0 Å². The van der Waals surface area contributed by atoms with E-state index in [0.717, 1.165) is 23.8 Å². The Morgan fingerprint density at radius 3 is 1.29 bits per heavy atom. The van der Waals surface area contributed by atoms with Crippen molar-refractivity contribution >= 4 is 34.9 Å². The molecular formula is C39H49N3O9. The van der Waals surface area contributed by atoms with E-state index < -0.39 is 23.6 Å². The van der Waals surface area contributed by atoms with Crippen molar-refractivity contribution in [3.05, 3.63) is 107 Å². The number of carbonyl (C=O) groups is 4. The number of aryl methyl sites for hydroxylation is 3. The number of benzene rings is 4. The first-order valence-corrected chi connectivity index (χ1v) is 15.5. The number of esters is 1. The summed E-state index contributed by atoms with van der Waals surface area (Å²) in [6.07, 6.45) is 0.668. The summed E-state index contributed by atoms with van der Waals surface area (Å²) in [5.41, 5.74) is 10.0. The molecule has 4 aromatic carbocycles. The lowest BCUT2D eigenvalue weighted by atomic mass is 10.1. The van der Waals surface area contributed by atoms with Crippen LogP contribution in [0.5, 0.6) is 23.0 Å². The summed E-state index contributed by atoms with van der Waals surface area (Å²) in [6, 6.07) is 26.5. The highest BCUT2D eigenvalue weighted by molar-refractivity contribution is 6.41. The van der Waals surface area contributed by atoms with E-state index in [1.807, 2.05) is 74.5 Å². The van der Waals surface area contributed by atoms with Crippen LogP contribution in [0.1, 0.15) is 36.1 Å². The molecule has 0 aliphatic rings. The average Bonchev–Trinajstić information content (AvgIpc) is 3.15. The number of carbonyl (C=O) groups excluding carboxylic acids is 4. The lowest BCUT2D eigenvalue weighted by molar-refractivity contribution is -0.150. The number of amides is 2. The van der Waals surface area contributed by atoms with Gasteiger partial charge >= 0.3 is 11.9 Å². The third kappa shape index (κ3) is 13.9. The number of nitrogens with one attached hydrogen (secondary N) is 2. The van der Waals surface area contributed by atoms with Crippen LogP contribution >= 0.6 is 0 Å². The minimum absolute atomic E-state index is 0. The molecule has 0 aliphatic heterocycles. The number of methoxy groups -OCH3 is 5. The number of Topliss-reactive ketones (excluding diaryl/α,β-unsaturated/α-hetero) is 1. The van der Waals surface area contributed by atoms with Crippen LogP contribution in [0, 0.1) is 13.8 Å². The summed E-state index contributed by atoms with van der Waals surface area (Å²) in [7, 11) is 7.05. The Hall–Kier alpha value is -5.88. The van der Waals surface area contributed by atoms with E-state index in [4.69, 9.17) is 24.7 Å². The number of anilines is 2. The van der Waals surface area contributed by atoms with Crippen molar-refractivity contribution < 1.29 is 42.9 Å². The smallest absolute Gasteiger partial charge is 0.396 e. The van der Waals surface area contributed by atoms with Crippen molar-refractivity contribution in [3.63, 3.8) is 0 Å². The summed E-state index contributed by atoms with van der Waals surface area (Å²) in [4.78, 5) is 46.8. The zero-order valence-corrected chi connectivity index (χ0v) is 29.5. The molecule has 0 heterocycles. The Morgan fingerprint density at radius 2 is 0.961 bits per heavy atom. The predicted molar refractivity (Wildman–Crippen MR) is 199 cm³/mol. The molecule has 0 fully saturated rings. The molecule has 12 nitrogen and oxygen atoms in total. The van der Waals surface area contributed by atoms with Crippen LogP contribution < -0.4 is 35.3 Å². The summed E-state index contributed by atoms with van der Waals surface area (Å²) in [5.74, 6) is -1.31. The molecule has 0 saturated heterocycles. The van der Waals surface area contributed by atoms with Crippen LogP contribution in [0.2, 0.25) is 0 Å². The standard InChI is InChI=1S/C19H21NO4.C12H15NO5.C7H9N.CH4/c1-13-11-16(23-2)18(17(12-13)24-3)20-19(22)15(21)10-9-14-7-5-4-6-8-14;1-7-5-8(16-2)10(9(6-7)17-3)13-11(14)12(15)18-4;8-6-7-4-2-1-3-5-7;/h4-8,11-12H,9-10H2,1-3H3,(H,20,22);5-6H,1-4H3,(H,13,14);1-5H,6,8H2;1H4. The largest absolute Gasteiger partial charge is 0.494 e. The maximum Gasteiger partial charge on any atom is 0.396 e. The highest BCUT2D eigenvalue weighted by Gasteiger charge is 2.21. The van der Waals surface area contributed by atoms with Crippen LogP contribution in [0.25, 0.3) is 0 Å². The van der Waals surface area contributed by atoms with Gasteiger partial charge in [0, 0.05) is 13.0 Å².